The second kappa shape index (κ2) is 11.1. The highest BCUT2D eigenvalue weighted by Crippen LogP contribution is 2.25. The fourth-order valence-electron chi connectivity index (χ4n) is 4.51. The summed E-state index contributed by atoms with van der Waals surface area (Å²) >= 11 is 0. The van der Waals surface area contributed by atoms with E-state index in [2.05, 4.69) is 5.32 Å². The summed E-state index contributed by atoms with van der Waals surface area (Å²) in [5, 5.41) is 31.3. The molecule has 0 radical (unpaired) electrons. The summed E-state index contributed by atoms with van der Waals surface area (Å²) in [6, 6.07) is 16.9. The molecule has 0 unspecified atom stereocenters. The Labute approximate surface area is 214 Å². The van der Waals surface area contributed by atoms with Gasteiger partial charge >= 0.3 is 5.97 Å². The van der Waals surface area contributed by atoms with E-state index in [-0.39, 0.29) is 37.3 Å². The number of nitrogens with zero attached hydrogens (tertiary/aromatic N) is 1. The first-order valence-corrected chi connectivity index (χ1v) is 11.9. The zero-order chi connectivity index (χ0) is 26.5. The van der Waals surface area contributed by atoms with Gasteiger partial charge in [-0.3, -0.25) is 9.59 Å². The van der Waals surface area contributed by atoms with Crippen LogP contribution in [0.1, 0.15) is 22.3 Å². The molecule has 3 aromatic carbocycles. The number of carbonyl (C=O) groups is 3. The summed E-state index contributed by atoms with van der Waals surface area (Å²) in [4.78, 5) is 40.3. The SMILES string of the molecule is N[C@@H](Cc1ccc(O)cc1)C(=O)N1Cc2ccccc2C[C@H]1C(=O)N[C@@H](Cc1ccc(O)cc1)C(=O)O. The molecule has 9 heteroatoms. The van der Waals surface area contributed by atoms with Gasteiger partial charge in [-0.05, 0) is 52.9 Å². The lowest BCUT2D eigenvalue weighted by Gasteiger charge is -2.37. The Balaban J connectivity index is 1.54. The van der Waals surface area contributed by atoms with Gasteiger partial charge < -0.3 is 31.3 Å². The van der Waals surface area contributed by atoms with Gasteiger partial charge in [-0.25, -0.2) is 4.79 Å². The molecule has 0 fully saturated rings. The topological polar surface area (TPSA) is 153 Å². The fraction of sp³-hybridized carbons (Fsp3) is 0.250. The van der Waals surface area contributed by atoms with E-state index in [1.165, 1.54) is 29.2 Å². The molecule has 1 heterocycles. The Bertz CT molecular complexity index is 1280. The zero-order valence-corrected chi connectivity index (χ0v) is 20.1. The molecular weight excluding hydrogens is 474 g/mol. The number of fused-ring (bicyclic) bond motifs is 1. The van der Waals surface area contributed by atoms with Crippen molar-refractivity contribution in [2.75, 3.05) is 0 Å². The van der Waals surface area contributed by atoms with E-state index in [0.717, 1.165) is 16.7 Å². The van der Waals surface area contributed by atoms with Crippen molar-refractivity contribution in [2.24, 2.45) is 5.73 Å². The number of carbonyl (C=O) groups excluding carboxylic acids is 2. The number of phenols is 2. The largest absolute Gasteiger partial charge is 0.508 e. The van der Waals surface area contributed by atoms with E-state index in [1.54, 1.807) is 24.3 Å². The number of nitrogens with two attached hydrogens (primary N) is 1. The van der Waals surface area contributed by atoms with Crippen molar-refractivity contribution < 1.29 is 29.7 Å². The number of rotatable bonds is 8. The molecule has 1 aliphatic rings. The number of carboxylic acids is 1. The Morgan fingerprint density at radius 1 is 0.865 bits per heavy atom. The number of nitrogens with one attached hydrogen (secondary N) is 1. The van der Waals surface area contributed by atoms with Crippen molar-refractivity contribution in [3.05, 3.63) is 95.1 Å². The van der Waals surface area contributed by atoms with Crippen LogP contribution in [0.4, 0.5) is 0 Å². The molecule has 0 aromatic heterocycles. The number of aromatic hydroxyl groups is 2. The minimum Gasteiger partial charge on any atom is -0.508 e. The van der Waals surface area contributed by atoms with Crippen molar-refractivity contribution in [2.45, 2.75) is 43.9 Å². The van der Waals surface area contributed by atoms with Gasteiger partial charge in [-0.2, -0.15) is 0 Å². The molecule has 37 heavy (non-hydrogen) atoms. The Hall–Kier alpha value is -4.37. The van der Waals surface area contributed by atoms with Crippen LogP contribution in [0.5, 0.6) is 11.5 Å². The van der Waals surface area contributed by atoms with Crippen molar-refractivity contribution in [3.8, 4) is 11.5 Å². The van der Waals surface area contributed by atoms with E-state index in [9.17, 15) is 29.7 Å². The van der Waals surface area contributed by atoms with Gasteiger partial charge in [0.05, 0.1) is 6.04 Å². The predicted molar refractivity (Wildman–Crippen MR) is 136 cm³/mol. The normalized spacial score (nSPS) is 16.4. The van der Waals surface area contributed by atoms with Crippen molar-refractivity contribution >= 4 is 17.8 Å². The van der Waals surface area contributed by atoms with Gasteiger partial charge in [0.15, 0.2) is 0 Å². The zero-order valence-electron chi connectivity index (χ0n) is 20.1. The summed E-state index contributed by atoms with van der Waals surface area (Å²) in [7, 11) is 0. The van der Waals surface area contributed by atoms with Gasteiger partial charge in [0, 0.05) is 19.4 Å². The molecule has 192 valence electrons. The third-order valence-corrected chi connectivity index (χ3v) is 6.53. The number of carboxylic acid groups (broad SMARTS) is 1. The summed E-state index contributed by atoms with van der Waals surface area (Å²) < 4.78 is 0. The third-order valence-electron chi connectivity index (χ3n) is 6.53. The van der Waals surface area contributed by atoms with Crippen LogP contribution in [0.15, 0.2) is 72.8 Å². The van der Waals surface area contributed by atoms with E-state index in [4.69, 9.17) is 5.73 Å². The fourth-order valence-corrected chi connectivity index (χ4v) is 4.51. The minimum absolute atomic E-state index is 0.0129. The Kier molecular flexibility index (Phi) is 7.74. The molecule has 0 bridgehead atoms. The second-order valence-corrected chi connectivity index (χ2v) is 9.20. The number of hydrogen-bond acceptors (Lipinski definition) is 6. The highest BCUT2D eigenvalue weighted by molar-refractivity contribution is 5.92. The van der Waals surface area contributed by atoms with E-state index >= 15 is 0 Å². The number of amides is 2. The minimum atomic E-state index is -1.23. The maximum atomic E-state index is 13.5. The van der Waals surface area contributed by atoms with Crippen LogP contribution in [-0.4, -0.2) is 56.1 Å². The Morgan fingerprint density at radius 3 is 1.97 bits per heavy atom. The van der Waals surface area contributed by atoms with Gasteiger partial charge in [0.1, 0.15) is 23.6 Å². The Morgan fingerprint density at radius 2 is 1.41 bits per heavy atom. The molecule has 4 rings (SSSR count). The number of benzene rings is 3. The lowest BCUT2D eigenvalue weighted by molar-refractivity contribution is -0.146. The van der Waals surface area contributed by atoms with E-state index < -0.39 is 35.9 Å². The molecule has 3 atom stereocenters. The highest BCUT2D eigenvalue weighted by atomic mass is 16.4. The van der Waals surface area contributed by atoms with Crippen LogP contribution in [0, 0.1) is 0 Å². The van der Waals surface area contributed by atoms with Gasteiger partial charge in [-0.15, -0.1) is 0 Å². The molecule has 0 spiro atoms. The maximum absolute atomic E-state index is 13.5. The molecule has 6 N–H and O–H groups in total. The first kappa shape index (κ1) is 25.7. The van der Waals surface area contributed by atoms with Crippen LogP contribution in [-0.2, 0) is 40.2 Å². The first-order valence-electron chi connectivity index (χ1n) is 11.9. The third kappa shape index (κ3) is 6.25. The van der Waals surface area contributed by atoms with Crippen molar-refractivity contribution in [1.82, 2.24) is 10.2 Å². The molecule has 0 aliphatic carbocycles. The number of aliphatic carboxylic acids is 1. The molecule has 0 saturated carbocycles. The number of phenolic OH excluding ortho intramolecular Hbond substituents is 2. The average molecular weight is 504 g/mol. The summed E-state index contributed by atoms with van der Waals surface area (Å²) in [6.07, 6.45) is 0.453. The van der Waals surface area contributed by atoms with Gasteiger partial charge in [0.2, 0.25) is 11.8 Å². The highest BCUT2D eigenvalue weighted by Gasteiger charge is 2.37. The van der Waals surface area contributed by atoms with E-state index in [1.807, 2.05) is 24.3 Å². The molecule has 9 nitrogen and oxygen atoms in total. The average Bonchev–Trinajstić information content (AvgIpc) is 2.89. The summed E-state index contributed by atoms with van der Waals surface area (Å²) in [5.74, 6) is -2.05. The predicted octanol–water partition coefficient (Wildman–Crippen LogP) is 1.73. The van der Waals surface area contributed by atoms with Crippen LogP contribution in [0.25, 0.3) is 0 Å². The summed E-state index contributed by atoms with van der Waals surface area (Å²) in [6.45, 7) is 0.173. The van der Waals surface area contributed by atoms with Crippen molar-refractivity contribution in [1.29, 1.82) is 0 Å². The first-order chi connectivity index (χ1) is 17.7. The smallest absolute Gasteiger partial charge is 0.326 e. The molecule has 0 saturated heterocycles. The lowest BCUT2D eigenvalue weighted by atomic mass is 9.92. The van der Waals surface area contributed by atoms with Gasteiger partial charge in [-0.1, -0.05) is 48.5 Å². The second-order valence-electron chi connectivity index (χ2n) is 9.20. The molecular formula is C28H29N3O6. The summed E-state index contributed by atoms with van der Waals surface area (Å²) in [5.41, 5.74) is 9.46. The quantitative estimate of drug-likeness (QED) is 0.314. The standard InChI is InChI=1S/C28H29N3O6/c29-23(13-17-5-9-21(32)10-6-17)27(35)31-16-20-4-2-1-3-19(20)15-25(31)26(34)30-24(28(36)37)14-18-7-11-22(33)12-8-18/h1-12,23-25,32-33H,13-16,29H2,(H,30,34)(H,36,37)/t23-,24-,25-/m0/s1. The van der Waals surface area contributed by atoms with Crippen LogP contribution < -0.4 is 11.1 Å². The van der Waals surface area contributed by atoms with E-state index in [0.29, 0.717) is 5.56 Å². The van der Waals surface area contributed by atoms with Gasteiger partial charge in [0.25, 0.3) is 0 Å². The van der Waals surface area contributed by atoms with Crippen LogP contribution >= 0.6 is 0 Å². The molecule has 1 aliphatic heterocycles. The van der Waals surface area contributed by atoms with Crippen LogP contribution in [0.3, 0.4) is 0 Å². The molecule has 3 aromatic rings. The molecule has 2 amide bonds. The lowest BCUT2D eigenvalue weighted by Crippen LogP contribution is -2.58. The van der Waals surface area contributed by atoms with Crippen LogP contribution in [0.2, 0.25) is 0 Å². The monoisotopic (exact) mass is 503 g/mol. The van der Waals surface area contributed by atoms with Crippen molar-refractivity contribution in [3.63, 3.8) is 0 Å². The number of hydrogen-bond donors (Lipinski definition) is 5. The maximum Gasteiger partial charge on any atom is 0.326 e.